The average Bonchev–Trinajstić information content (AvgIpc) is 3.87. The molecule has 3 aromatic rings. The predicted octanol–water partition coefficient (Wildman–Crippen LogP) is 5.30. The molecule has 2 aromatic carbocycles. The minimum Gasteiger partial charge on any atom is -0.505 e. The summed E-state index contributed by atoms with van der Waals surface area (Å²) < 4.78 is 73.1. The molecule has 0 saturated heterocycles. The van der Waals surface area contributed by atoms with Crippen LogP contribution in [-0.2, 0) is 11.2 Å². The first-order valence-corrected chi connectivity index (χ1v) is 13.5. The molecule has 2 saturated carbocycles. The molecular formula is C26H22Cl2F5N7O2. The molecule has 1 amide bonds. The second-order valence-electron chi connectivity index (χ2n) is 10.4. The minimum absolute atomic E-state index is 0.0861. The quantitative estimate of drug-likeness (QED) is 0.260. The number of phenols is 1. The van der Waals surface area contributed by atoms with Gasteiger partial charge in [-0.25, -0.2) is 4.68 Å². The number of aromatic hydroxyl groups is 1. The lowest BCUT2D eigenvalue weighted by Gasteiger charge is -2.33. The summed E-state index contributed by atoms with van der Waals surface area (Å²) in [5.74, 6) is -6.44. The molecule has 9 nitrogen and oxygen atoms in total. The topological polar surface area (TPSA) is 129 Å². The van der Waals surface area contributed by atoms with Crippen molar-refractivity contribution in [2.24, 2.45) is 0 Å². The molecule has 0 unspecified atom stereocenters. The number of hydrogen-bond donors (Lipinski definition) is 3. The normalized spacial score (nSPS) is 17.8. The number of alkyl halides is 5. The van der Waals surface area contributed by atoms with Crippen LogP contribution in [0.15, 0.2) is 36.4 Å². The van der Waals surface area contributed by atoms with Crippen molar-refractivity contribution in [1.29, 1.82) is 5.26 Å². The number of halogens is 7. The zero-order chi connectivity index (χ0) is 30.4. The van der Waals surface area contributed by atoms with E-state index in [2.05, 4.69) is 26.2 Å². The maximum absolute atomic E-state index is 15.1. The van der Waals surface area contributed by atoms with Crippen LogP contribution in [0.1, 0.15) is 48.9 Å². The lowest BCUT2D eigenvalue weighted by atomic mass is 9.95. The number of nitrogens with one attached hydrogen (secondary N) is 2. The van der Waals surface area contributed by atoms with E-state index in [0.29, 0.717) is 24.2 Å². The highest BCUT2D eigenvalue weighted by Gasteiger charge is 2.63. The van der Waals surface area contributed by atoms with Crippen molar-refractivity contribution in [3.63, 3.8) is 0 Å². The maximum Gasteiger partial charge on any atom is 0.455 e. The molecule has 0 spiro atoms. The number of carbonyl (C=O) groups excluding carboxylic acids is 1. The number of benzene rings is 2. The highest BCUT2D eigenvalue weighted by atomic mass is 35.5. The first kappa shape index (κ1) is 29.9. The van der Waals surface area contributed by atoms with E-state index in [9.17, 15) is 28.3 Å². The van der Waals surface area contributed by atoms with Crippen molar-refractivity contribution >= 4 is 29.1 Å². The summed E-state index contributed by atoms with van der Waals surface area (Å²) in [6, 6.07) is 4.81. The Bertz CT molecular complexity index is 1510. The van der Waals surface area contributed by atoms with Crippen LogP contribution in [0.4, 0.5) is 22.0 Å². The lowest BCUT2D eigenvalue weighted by Crippen LogP contribution is -2.56. The van der Waals surface area contributed by atoms with Crippen molar-refractivity contribution in [3.8, 4) is 23.2 Å². The molecule has 5 rings (SSSR count). The smallest absolute Gasteiger partial charge is 0.455 e. The van der Waals surface area contributed by atoms with E-state index in [1.165, 1.54) is 24.3 Å². The number of rotatable bonds is 10. The van der Waals surface area contributed by atoms with E-state index in [-0.39, 0.29) is 21.7 Å². The number of nitrogens with zero attached hydrogens (tertiary/aromatic N) is 5. The van der Waals surface area contributed by atoms with Gasteiger partial charge in [0.1, 0.15) is 11.6 Å². The summed E-state index contributed by atoms with van der Waals surface area (Å²) in [5.41, 5.74) is -1.14. The molecule has 0 radical (unpaired) electrons. The largest absolute Gasteiger partial charge is 0.505 e. The van der Waals surface area contributed by atoms with Crippen molar-refractivity contribution < 1.29 is 31.9 Å². The zero-order valence-electron chi connectivity index (χ0n) is 21.5. The monoisotopic (exact) mass is 629 g/mol. The highest BCUT2D eigenvalue weighted by Crippen LogP contribution is 2.45. The van der Waals surface area contributed by atoms with Crippen molar-refractivity contribution in [2.45, 2.75) is 67.9 Å². The fourth-order valence-corrected chi connectivity index (χ4v) is 4.99. The molecule has 1 heterocycles. The maximum atomic E-state index is 15.1. The molecular weight excluding hydrogens is 608 g/mol. The SMILES string of the molecule is N#CC1(NC(=O)[C@H](Cc2cc(Cl)c(O)c(Cl)c2)N[C@@H](c2ccc(-c3nnnn3C3CC3)cc2)C(F)(F)C(F)(F)F)CC1. The number of tetrazole rings is 1. The summed E-state index contributed by atoms with van der Waals surface area (Å²) >= 11 is 11.9. The Hall–Kier alpha value is -3.54. The number of aromatic nitrogens is 4. The second-order valence-corrected chi connectivity index (χ2v) is 11.2. The Kier molecular flexibility index (Phi) is 7.80. The first-order valence-electron chi connectivity index (χ1n) is 12.7. The van der Waals surface area contributed by atoms with Crippen LogP contribution >= 0.6 is 23.2 Å². The lowest BCUT2D eigenvalue weighted by molar-refractivity contribution is -0.294. The van der Waals surface area contributed by atoms with Gasteiger partial charge >= 0.3 is 12.1 Å². The molecule has 2 atom stereocenters. The number of carbonyl (C=O) groups is 1. The standard InChI is InChI=1S/C26H22Cl2F5N7O2/c27-17-9-13(10-18(28)20(17)41)11-19(23(42)36-24(12-34)7-8-24)35-21(25(29,30)26(31,32)33)14-1-3-15(4-2-14)22-37-38-39-40(22)16-5-6-16/h1-4,9-10,16,19,21,35,41H,5-8,11H2,(H,36,42)/t19-,21-/m0/s1. The Labute approximate surface area is 245 Å². The fourth-order valence-electron chi connectivity index (χ4n) is 4.46. The number of nitriles is 1. The van der Waals surface area contributed by atoms with E-state index in [1.54, 1.807) is 4.68 Å². The number of phenolic OH excluding ortho intramolecular Hbond substituents is 1. The Morgan fingerprint density at radius 1 is 1.14 bits per heavy atom. The molecule has 0 bridgehead atoms. The molecule has 1 aromatic heterocycles. The Balaban J connectivity index is 1.50. The van der Waals surface area contributed by atoms with Crippen LogP contribution in [0.25, 0.3) is 11.4 Å². The molecule has 222 valence electrons. The number of amides is 1. The summed E-state index contributed by atoms with van der Waals surface area (Å²) in [5, 5.41) is 35.0. The molecule has 2 aliphatic carbocycles. The van der Waals surface area contributed by atoms with Gasteiger partial charge in [0.25, 0.3) is 0 Å². The van der Waals surface area contributed by atoms with Gasteiger partial charge in [0.15, 0.2) is 11.6 Å². The first-order chi connectivity index (χ1) is 19.7. The van der Waals surface area contributed by atoms with Gasteiger partial charge in [0.2, 0.25) is 5.91 Å². The molecule has 16 heteroatoms. The van der Waals surface area contributed by atoms with Crippen LogP contribution in [-0.4, -0.2) is 54.9 Å². The van der Waals surface area contributed by atoms with E-state index in [0.717, 1.165) is 25.0 Å². The third-order valence-corrected chi connectivity index (χ3v) is 7.73. The van der Waals surface area contributed by atoms with E-state index in [1.807, 2.05) is 6.07 Å². The van der Waals surface area contributed by atoms with Gasteiger partial charge in [-0.1, -0.05) is 47.5 Å². The highest BCUT2D eigenvalue weighted by molar-refractivity contribution is 6.37. The van der Waals surface area contributed by atoms with Crippen LogP contribution in [0.2, 0.25) is 10.0 Å². The summed E-state index contributed by atoms with van der Waals surface area (Å²) in [7, 11) is 0. The van der Waals surface area contributed by atoms with Gasteiger partial charge in [-0.2, -0.15) is 27.2 Å². The van der Waals surface area contributed by atoms with Gasteiger partial charge < -0.3 is 10.4 Å². The van der Waals surface area contributed by atoms with Crippen LogP contribution < -0.4 is 10.6 Å². The van der Waals surface area contributed by atoms with Gasteiger partial charge in [-0.05, 0) is 65.8 Å². The predicted molar refractivity (Wildman–Crippen MR) is 140 cm³/mol. The molecule has 2 fully saturated rings. The fraction of sp³-hybridized carbons (Fsp3) is 0.423. The third kappa shape index (κ3) is 5.99. The van der Waals surface area contributed by atoms with Gasteiger partial charge in [-0.15, -0.1) is 5.10 Å². The van der Waals surface area contributed by atoms with Gasteiger partial charge in [0.05, 0.1) is 28.2 Å². The van der Waals surface area contributed by atoms with Gasteiger partial charge in [0, 0.05) is 5.56 Å². The molecule has 3 N–H and O–H groups in total. The average molecular weight is 630 g/mol. The molecule has 42 heavy (non-hydrogen) atoms. The van der Waals surface area contributed by atoms with Crippen molar-refractivity contribution in [3.05, 3.63) is 57.6 Å². The zero-order valence-corrected chi connectivity index (χ0v) is 23.0. The summed E-state index contributed by atoms with van der Waals surface area (Å²) in [4.78, 5) is 13.3. The Morgan fingerprint density at radius 2 is 1.76 bits per heavy atom. The molecule has 2 aliphatic rings. The second kappa shape index (κ2) is 10.9. The van der Waals surface area contributed by atoms with E-state index >= 15 is 8.78 Å². The van der Waals surface area contributed by atoms with Crippen LogP contribution in [0.5, 0.6) is 5.75 Å². The van der Waals surface area contributed by atoms with Crippen molar-refractivity contribution in [1.82, 2.24) is 30.8 Å². The Morgan fingerprint density at radius 3 is 2.29 bits per heavy atom. The van der Waals surface area contributed by atoms with Crippen LogP contribution in [0.3, 0.4) is 0 Å². The summed E-state index contributed by atoms with van der Waals surface area (Å²) in [6.07, 6.45) is -4.14. The van der Waals surface area contributed by atoms with Crippen LogP contribution in [0, 0.1) is 11.3 Å². The van der Waals surface area contributed by atoms with E-state index in [4.69, 9.17) is 23.2 Å². The van der Waals surface area contributed by atoms with Gasteiger partial charge in [-0.3, -0.25) is 10.1 Å². The number of hydrogen-bond acceptors (Lipinski definition) is 7. The van der Waals surface area contributed by atoms with E-state index < -0.39 is 53.4 Å². The van der Waals surface area contributed by atoms with Crippen molar-refractivity contribution in [2.75, 3.05) is 0 Å². The molecule has 0 aliphatic heterocycles. The summed E-state index contributed by atoms with van der Waals surface area (Å²) in [6.45, 7) is 0. The minimum atomic E-state index is -5.99. The third-order valence-electron chi connectivity index (χ3n) is 7.16.